The molecule has 0 aliphatic rings. The molecule has 0 fully saturated rings. The Hall–Kier alpha value is -0.860. The van der Waals surface area contributed by atoms with Crippen molar-refractivity contribution in [1.29, 1.82) is 0 Å². The maximum Gasteiger partial charge on any atom is 0.316 e. The van der Waals surface area contributed by atoms with Crippen LogP contribution in [0.3, 0.4) is 0 Å². The molecule has 1 atom stereocenters. The standard InChI is InChI=1S/C56H110O3/c1-4-7-10-13-16-19-22-25-28-29-30-32-35-38-41-44-47-50-53-59-56(58)54(51-48-45-42-39-36-33-27-24-21-18-15-12-9-6-3)55(57)52-49-46-43-40-37-34-31-26-23-20-17-14-11-8-5-2/h54H,4-53H2,1-3H3. The van der Waals surface area contributed by atoms with E-state index in [4.69, 9.17) is 4.74 Å². The molecule has 0 aliphatic heterocycles. The molecule has 0 N–H and O–H groups in total. The van der Waals surface area contributed by atoms with Crippen molar-refractivity contribution in [2.24, 2.45) is 5.92 Å². The third-order valence-corrected chi connectivity index (χ3v) is 13.3. The summed E-state index contributed by atoms with van der Waals surface area (Å²) in [6.45, 7) is 7.36. The lowest BCUT2D eigenvalue weighted by Gasteiger charge is -2.15. The summed E-state index contributed by atoms with van der Waals surface area (Å²) in [6.07, 6.45) is 64.0. The van der Waals surface area contributed by atoms with E-state index in [1.807, 2.05) is 0 Å². The minimum atomic E-state index is -0.533. The average Bonchev–Trinajstić information content (AvgIpc) is 3.24. The topological polar surface area (TPSA) is 43.4 Å². The van der Waals surface area contributed by atoms with Gasteiger partial charge in [0, 0.05) is 6.42 Å². The zero-order valence-corrected chi connectivity index (χ0v) is 41.2. The molecule has 0 radical (unpaired) electrons. The van der Waals surface area contributed by atoms with Crippen LogP contribution in [0.2, 0.25) is 0 Å². The van der Waals surface area contributed by atoms with Crippen LogP contribution in [0.1, 0.15) is 335 Å². The second kappa shape index (κ2) is 51.5. The highest BCUT2D eigenvalue weighted by Gasteiger charge is 2.27. The number of esters is 1. The molecule has 3 heteroatoms. The molecule has 0 amide bonds. The third-order valence-electron chi connectivity index (χ3n) is 13.3. The fourth-order valence-electron chi connectivity index (χ4n) is 9.08. The zero-order chi connectivity index (χ0) is 42.8. The number of rotatable bonds is 52. The van der Waals surface area contributed by atoms with Crippen LogP contribution in [-0.4, -0.2) is 18.4 Å². The van der Waals surface area contributed by atoms with E-state index in [1.54, 1.807) is 0 Å². The first-order chi connectivity index (χ1) is 29.2. The molecular weight excluding hydrogens is 721 g/mol. The number of carbonyl (C=O) groups is 2. The van der Waals surface area contributed by atoms with Crippen molar-refractivity contribution in [1.82, 2.24) is 0 Å². The normalized spacial score (nSPS) is 12.1. The fraction of sp³-hybridized carbons (Fsp3) is 0.964. The molecule has 0 aromatic carbocycles. The summed E-state index contributed by atoms with van der Waals surface area (Å²) in [6, 6.07) is 0. The second-order valence-corrected chi connectivity index (χ2v) is 19.3. The van der Waals surface area contributed by atoms with Crippen molar-refractivity contribution < 1.29 is 14.3 Å². The highest BCUT2D eigenvalue weighted by molar-refractivity contribution is 5.98. The lowest BCUT2D eigenvalue weighted by atomic mass is 9.92. The van der Waals surface area contributed by atoms with Gasteiger partial charge in [0.2, 0.25) is 0 Å². The molecule has 0 aliphatic carbocycles. The Labute approximate surface area is 372 Å². The van der Waals surface area contributed by atoms with Gasteiger partial charge in [0.25, 0.3) is 0 Å². The summed E-state index contributed by atoms with van der Waals surface area (Å²) >= 11 is 0. The molecule has 0 saturated carbocycles. The second-order valence-electron chi connectivity index (χ2n) is 19.3. The van der Waals surface area contributed by atoms with E-state index in [-0.39, 0.29) is 11.8 Å². The van der Waals surface area contributed by atoms with Crippen LogP contribution in [0.4, 0.5) is 0 Å². The van der Waals surface area contributed by atoms with Gasteiger partial charge < -0.3 is 4.74 Å². The van der Waals surface area contributed by atoms with E-state index >= 15 is 0 Å². The Kier molecular flexibility index (Phi) is 50.7. The van der Waals surface area contributed by atoms with Gasteiger partial charge in [-0.3, -0.25) is 9.59 Å². The van der Waals surface area contributed by atoms with Gasteiger partial charge in [0.05, 0.1) is 6.61 Å². The maximum absolute atomic E-state index is 13.4. The average molecular weight is 831 g/mol. The molecule has 59 heavy (non-hydrogen) atoms. The Bertz CT molecular complexity index is 807. The number of unbranched alkanes of at least 4 members (excludes halogenated alkanes) is 44. The Morgan fingerprint density at radius 2 is 0.508 bits per heavy atom. The number of ether oxygens (including phenoxy) is 1. The predicted molar refractivity (Wildman–Crippen MR) is 263 cm³/mol. The molecule has 0 aromatic heterocycles. The Morgan fingerprint density at radius 3 is 0.780 bits per heavy atom. The van der Waals surface area contributed by atoms with Crippen molar-refractivity contribution in [3.05, 3.63) is 0 Å². The van der Waals surface area contributed by atoms with Gasteiger partial charge in [-0.25, -0.2) is 0 Å². The van der Waals surface area contributed by atoms with E-state index in [0.29, 0.717) is 19.4 Å². The highest BCUT2D eigenvalue weighted by atomic mass is 16.5. The fourth-order valence-corrected chi connectivity index (χ4v) is 9.08. The smallest absolute Gasteiger partial charge is 0.316 e. The third kappa shape index (κ3) is 46.5. The summed E-state index contributed by atoms with van der Waals surface area (Å²) in [4.78, 5) is 26.6. The monoisotopic (exact) mass is 831 g/mol. The predicted octanol–water partition coefficient (Wildman–Crippen LogP) is 19.9. The van der Waals surface area contributed by atoms with Crippen LogP contribution in [0.5, 0.6) is 0 Å². The molecule has 0 aromatic rings. The van der Waals surface area contributed by atoms with Crippen molar-refractivity contribution in [2.75, 3.05) is 6.61 Å². The van der Waals surface area contributed by atoms with Crippen molar-refractivity contribution in [3.8, 4) is 0 Å². The van der Waals surface area contributed by atoms with Crippen LogP contribution in [0, 0.1) is 5.92 Å². The number of Topliss-reactive ketones (excluding diaryl/α,β-unsaturated/α-hetero) is 1. The number of hydrogen-bond acceptors (Lipinski definition) is 3. The van der Waals surface area contributed by atoms with Crippen molar-refractivity contribution >= 4 is 11.8 Å². The SMILES string of the molecule is CCCCCCCCCCCCCCCCCCCCOC(=O)C(CCCCCCCCCCCCCCCC)C(=O)CCCCCCCCCCCCCCCCC. The molecule has 0 saturated heterocycles. The molecule has 0 bridgehead atoms. The van der Waals surface area contributed by atoms with E-state index in [2.05, 4.69) is 20.8 Å². The minimum Gasteiger partial charge on any atom is -0.465 e. The minimum absolute atomic E-state index is 0.150. The molecule has 1 unspecified atom stereocenters. The molecule has 0 spiro atoms. The lowest BCUT2D eigenvalue weighted by Crippen LogP contribution is -2.26. The van der Waals surface area contributed by atoms with Crippen LogP contribution in [0.25, 0.3) is 0 Å². The van der Waals surface area contributed by atoms with Gasteiger partial charge in [-0.1, -0.05) is 310 Å². The molecular formula is C56H110O3. The van der Waals surface area contributed by atoms with E-state index in [1.165, 1.54) is 263 Å². The van der Waals surface area contributed by atoms with Crippen LogP contribution < -0.4 is 0 Å². The van der Waals surface area contributed by atoms with E-state index in [0.717, 1.165) is 38.5 Å². The highest BCUT2D eigenvalue weighted by Crippen LogP contribution is 2.21. The largest absolute Gasteiger partial charge is 0.465 e. The van der Waals surface area contributed by atoms with E-state index < -0.39 is 5.92 Å². The first-order valence-electron chi connectivity index (χ1n) is 27.9. The van der Waals surface area contributed by atoms with Gasteiger partial charge in [-0.2, -0.15) is 0 Å². The number of ketones is 1. The zero-order valence-electron chi connectivity index (χ0n) is 41.2. The summed E-state index contributed by atoms with van der Waals surface area (Å²) in [5.74, 6) is -0.607. The Morgan fingerprint density at radius 1 is 0.288 bits per heavy atom. The number of carbonyl (C=O) groups excluding carboxylic acids is 2. The first kappa shape index (κ1) is 58.1. The molecule has 0 heterocycles. The van der Waals surface area contributed by atoms with Gasteiger partial charge in [0.15, 0.2) is 0 Å². The molecule has 3 nitrogen and oxygen atoms in total. The maximum atomic E-state index is 13.4. The van der Waals surface area contributed by atoms with Gasteiger partial charge >= 0.3 is 5.97 Å². The summed E-state index contributed by atoms with van der Waals surface area (Å²) in [5, 5.41) is 0. The summed E-state index contributed by atoms with van der Waals surface area (Å²) in [5.41, 5.74) is 0. The van der Waals surface area contributed by atoms with Crippen LogP contribution >= 0.6 is 0 Å². The lowest BCUT2D eigenvalue weighted by molar-refractivity contribution is -0.152. The van der Waals surface area contributed by atoms with Crippen LogP contribution in [-0.2, 0) is 14.3 Å². The summed E-state index contributed by atoms with van der Waals surface area (Å²) < 4.78 is 5.79. The van der Waals surface area contributed by atoms with Crippen LogP contribution in [0.15, 0.2) is 0 Å². The van der Waals surface area contributed by atoms with Gasteiger partial charge in [-0.15, -0.1) is 0 Å². The molecule has 0 rings (SSSR count). The van der Waals surface area contributed by atoms with Gasteiger partial charge in [0.1, 0.15) is 11.7 Å². The summed E-state index contributed by atoms with van der Waals surface area (Å²) in [7, 11) is 0. The first-order valence-corrected chi connectivity index (χ1v) is 27.9. The quantitative estimate of drug-likeness (QED) is 0.0348. The van der Waals surface area contributed by atoms with E-state index in [9.17, 15) is 9.59 Å². The van der Waals surface area contributed by atoms with Gasteiger partial charge in [-0.05, 0) is 19.3 Å². The molecule has 352 valence electrons. The van der Waals surface area contributed by atoms with Crippen molar-refractivity contribution in [3.63, 3.8) is 0 Å². The number of hydrogen-bond donors (Lipinski definition) is 0. The van der Waals surface area contributed by atoms with Crippen molar-refractivity contribution in [2.45, 2.75) is 335 Å². The Balaban J connectivity index is 4.17.